The second-order valence-electron chi connectivity index (χ2n) is 3.39. The summed E-state index contributed by atoms with van der Waals surface area (Å²) < 4.78 is 0.426. The number of nitrogens with two attached hydrogens (primary N) is 1. The molecule has 7 heteroatoms. The van der Waals surface area contributed by atoms with E-state index < -0.39 is 15.4 Å². The summed E-state index contributed by atoms with van der Waals surface area (Å²) in [5, 5.41) is 15.1. The Hall–Kier alpha value is -1.63. The zero-order valence-corrected chi connectivity index (χ0v) is 9.74. The van der Waals surface area contributed by atoms with Crippen LogP contribution in [-0.2, 0) is 4.45 Å². The van der Waals surface area contributed by atoms with Crippen molar-refractivity contribution < 1.29 is 4.92 Å². The fourth-order valence-corrected chi connectivity index (χ4v) is 2.45. The first kappa shape index (κ1) is 10.9. The summed E-state index contributed by atoms with van der Waals surface area (Å²) in [6.07, 6.45) is 8.06. The summed E-state index contributed by atoms with van der Waals surface area (Å²) in [7, 11) is 0. The Balaban J connectivity index is 2.51. The second kappa shape index (κ2) is 3.75. The Labute approximate surface area is 99.7 Å². The van der Waals surface area contributed by atoms with E-state index in [1.807, 2.05) is 0 Å². The third kappa shape index (κ3) is 1.53. The Morgan fingerprint density at radius 1 is 1.69 bits per heavy atom. The predicted molar refractivity (Wildman–Crippen MR) is 61.3 cm³/mol. The minimum absolute atomic E-state index is 0.194. The Morgan fingerprint density at radius 2 is 2.44 bits per heavy atom. The highest BCUT2D eigenvalue weighted by Gasteiger charge is 2.48. The quantitative estimate of drug-likeness (QED) is 0.498. The molecule has 0 radical (unpaired) electrons. The van der Waals surface area contributed by atoms with Gasteiger partial charge in [0.05, 0.1) is 5.70 Å². The van der Waals surface area contributed by atoms with Crippen molar-refractivity contribution in [2.75, 3.05) is 0 Å². The fraction of sp³-hybridized carbons (Fsp3) is 0.222. The number of hydrogen-bond donors (Lipinski definition) is 1. The van der Waals surface area contributed by atoms with E-state index in [0.29, 0.717) is 0 Å². The first-order valence-corrected chi connectivity index (χ1v) is 5.32. The average molecular weight is 285 g/mol. The third-order valence-electron chi connectivity index (χ3n) is 2.38. The highest BCUT2D eigenvalue weighted by Crippen LogP contribution is 2.36. The van der Waals surface area contributed by atoms with Gasteiger partial charge in [-0.05, 0) is 34.1 Å². The van der Waals surface area contributed by atoms with Crippen LogP contribution in [0.3, 0.4) is 0 Å². The molecule has 1 heterocycles. The average Bonchev–Trinajstić information content (AvgIpc) is 2.69. The van der Waals surface area contributed by atoms with Gasteiger partial charge in [0, 0.05) is 17.3 Å². The van der Waals surface area contributed by atoms with Gasteiger partial charge in [-0.2, -0.15) is 5.10 Å². The van der Waals surface area contributed by atoms with Crippen molar-refractivity contribution in [2.45, 2.75) is 10.5 Å². The van der Waals surface area contributed by atoms with Crippen molar-refractivity contribution in [3.8, 4) is 0 Å². The number of aromatic nitrogens is 2. The van der Waals surface area contributed by atoms with E-state index >= 15 is 0 Å². The largest absolute Gasteiger partial charge is 0.396 e. The van der Waals surface area contributed by atoms with Gasteiger partial charge in [0.15, 0.2) is 0 Å². The summed E-state index contributed by atoms with van der Waals surface area (Å²) in [6, 6.07) is 0.625. The monoisotopic (exact) mass is 284 g/mol. The molecule has 2 N–H and O–H groups in total. The molecular formula is C9H9BrN4O2. The van der Waals surface area contributed by atoms with E-state index in [9.17, 15) is 10.1 Å². The van der Waals surface area contributed by atoms with Gasteiger partial charge < -0.3 is 5.73 Å². The molecule has 2 rings (SSSR count). The molecule has 1 aromatic heterocycles. The molecular weight excluding hydrogens is 276 g/mol. The lowest BCUT2D eigenvalue weighted by molar-refractivity contribution is -0.520. The standard InChI is InChI=1S/C9H9BrN4O2/c10-9(13-6-2-5-12-13)4-1-3-7(11)8(9)14(15)16/h1-6,8H,11H2. The molecule has 0 aromatic carbocycles. The highest BCUT2D eigenvalue weighted by atomic mass is 79.9. The van der Waals surface area contributed by atoms with Crippen LogP contribution in [0.5, 0.6) is 0 Å². The van der Waals surface area contributed by atoms with Crippen molar-refractivity contribution in [1.82, 2.24) is 9.78 Å². The molecule has 0 saturated heterocycles. The van der Waals surface area contributed by atoms with E-state index in [2.05, 4.69) is 21.0 Å². The van der Waals surface area contributed by atoms with Crippen LogP contribution in [0.4, 0.5) is 0 Å². The van der Waals surface area contributed by atoms with Crippen molar-refractivity contribution >= 4 is 15.9 Å². The molecule has 1 aliphatic rings. The number of rotatable bonds is 2. The summed E-state index contributed by atoms with van der Waals surface area (Å²) in [5.74, 6) is 0. The first-order valence-electron chi connectivity index (χ1n) is 4.53. The summed E-state index contributed by atoms with van der Waals surface area (Å²) in [4.78, 5) is 10.6. The first-order chi connectivity index (χ1) is 7.55. The van der Waals surface area contributed by atoms with Crippen LogP contribution in [0.1, 0.15) is 0 Å². The number of hydrogen-bond acceptors (Lipinski definition) is 4. The van der Waals surface area contributed by atoms with Crippen molar-refractivity contribution in [3.05, 3.63) is 52.5 Å². The van der Waals surface area contributed by atoms with Gasteiger partial charge in [0.25, 0.3) is 6.04 Å². The molecule has 16 heavy (non-hydrogen) atoms. The van der Waals surface area contributed by atoms with Crippen LogP contribution in [0, 0.1) is 10.1 Å². The number of allylic oxidation sites excluding steroid dienone is 2. The highest BCUT2D eigenvalue weighted by molar-refractivity contribution is 9.09. The number of nitro groups is 1. The Kier molecular flexibility index (Phi) is 2.55. The maximum atomic E-state index is 11.1. The van der Waals surface area contributed by atoms with Crippen LogP contribution < -0.4 is 5.73 Å². The SMILES string of the molecule is NC1=CC=CC(Br)(n2cccn2)C1[N+](=O)[O-]. The topological polar surface area (TPSA) is 87.0 Å². The molecule has 2 atom stereocenters. The number of alkyl halides is 1. The summed E-state index contributed by atoms with van der Waals surface area (Å²) >= 11 is 3.34. The van der Waals surface area contributed by atoms with E-state index in [4.69, 9.17) is 5.73 Å². The molecule has 6 nitrogen and oxygen atoms in total. The molecule has 84 valence electrons. The normalized spacial score (nSPS) is 28.8. The van der Waals surface area contributed by atoms with Crippen LogP contribution >= 0.6 is 15.9 Å². The second-order valence-corrected chi connectivity index (χ2v) is 4.66. The van der Waals surface area contributed by atoms with Crippen molar-refractivity contribution in [3.63, 3.8) is 0 Å². The minimum atomic E-state index is -1.07. The third-order valence-corrected chi connectivity index (χ3v) is 3.45. The van der Waals surface area contributed by atoms with Crippen LogP contribution in [0.15, 0.2) is 42.4 Å². The molecule has 0 spiro atoms. The smallest absolute Gasteiger partial charge is 0.290 e. The van der Waals surface area contributed by atoms with Crippen molar-refractivity contribution in [2.24, 2.45) is 5.73 Å². The molecule has 2 unspecified atom stereocenters. The minimum Gasteiger partial charge on any atom is -0.396 e. The maximum absolute atomic E-state index is 11.1. The fourth-order valence-electron chi connectivity index (χ4n) is 1.65. The van der Waals surface area contributed by atoms with Gasteiger partial charge in [-0.3, -0.25) is 10.1 Å². The zero-order chi connectivity index (χ0) is 11.8. The maximum Gasteiger partial charge on any atom is 0.290 e. The van der Waals surface area contributed by atoms with Crippen LogP contribution in [0.25, 0.3) is 0 Å². The Morgan fingerprint density at radius 3 is 3.00 bits per heavy atom. The molecule has 0 amide bonds. The predicted octanol–water partition coefficient (Wildman–Crippen LogP) is 0.989. The van der Waals surface area contributed by atoms with E-state index in [1.54, 1.807) is 30.6 Å². The van der Waals surface area contributed by atoms with Gasteiger partial charge in [0.2, 0.25) is 4.45 Å². The molecule has 0 bridgehead atoms. The van der Waals surface area contributed by atoms with Gasteiger partial charge >= 0.3 is 0 Å². The van der Waals surface area contributed by atoms with Gasteiger partial charge in [-0.15, -0.1) is 0 Å². The van der Waals surface area contributed by atoms with Gasteiger partial charge in [0.1, 0.15) is 0 Å². The van der Waals surface area contributed by atoms with Gasteiger partial charge in [-0.1, -0.05) is 6.08 Å². The number of halogens is 1. The van der Waals surface area contributed by atoms with E-state index in [-0.39, 0.29) is 5.70 Å². The molecule has 1 aliphatic carbocycles. The van der Waals surface area contributed by atoms with E-state index in [0.717, 1.165) is 0 Å². The molecule has 0 saturated carbocycles. The summed E-state index contributed by atoms with van der Waals surface area (Å²) in [5.41, 5.74) is 5.85. The van der Waals surface area contributed by atoms with Crippen LogP contribution in [-0.4, -0.2) is 20.7 Å². The Bertz CT molecular complexity index is 468. The lowest BCUT2D eigenvalue weighted by atomic mass is 10.0. The van der Waals surface area contributed by atoms with E-state index in [1.165, 1.54) is 10.8 Å². The lowest BCUT2D eigenvalue weighted by Crippen LogP contribution is -2.47. The number of nitrogens with zero attached hydrogens (tertiary/aromatic N) is 3. The van der Waals surface area contributed by atoms with Gasteiger partial charge in [-0.25, -0.2) is 4.68 Å². The zero-order valence-electron chi connectivity index (χ0n) is 8.15. The molecule has 0 aliphatic heterocycles. The van der Waals surface area contributed by atoms with Crippen molar-refractivity contribution in [1.29, 1.82) is 0 Å². The molecule has 0 fully saturated rings. The van der Waals surface area contributed by atoms with Crippen LogP contribution in [0.2, 0.25) is 0 Å². The lowest BCUT2D eigenvalue weighted by Gasteiger charge is -2.29. The summed E-state index contributed by atoms with van der Waals surface area (Å²) in [6.45, 7) is 0. The molecule has 1 aromatic rings.